The minimum absolute atomic E-state index is 0.210. The average molecular weight is 683 g/mol. The zero-order valence-electron chi connectivity index (χ0n) is 30.5. The van der Waals surface area contributed by atoms with Crippen LogP contribution in [0.15, 0.2) is 36.8 Å². The van der Waals surface area contributed by atoms with Crippen LogP contribution in [-0.2, 0) is 20.7 Å². The Morgan fingerprint density at radius 1 is 1.02 bits per heavy atom. The molecule has 1 aromatic heterocycles. The number of nitrogens with one attached hydrogen (secondary N) is 1. The number of rotatable bonds is 11. The quantitative estimate of drug-likeness (QED) is 0.330. The fraction of sp³-hybridized carbons (Fsp3) is 0.649. The Labute approximate surface area is 290 Å². The number of amides is 4. The molecule has 2 aromatic rings. The van der Waals surface area contributed by atoms with Crippen LogP contribution in [0, 0.1) is 11.2 Å². The summed E-state index contributed by atoms with van der Waals surface area (Å²) in [5.74, 6) is -1.23. The van der Waals surface area contributed by atoms with Gasteiger partial charge in [-0.25, -0.2) is 14.2 Å². The van der Waals surface area contributed by atoms with Gasteiger partial charge in [-0.3, -0.25) is 19.3 Å². The summed E-state index contributed by atoms with van der Waals surface area (Å²) in [5, 5.41) is 2.93. The monoisotopic (exact) mass is 682 g/mol. The lowest BCUT2D eigenvalue weighted by atomic mass is 9.85. The molecule has 12 heteroatoms. The first kappa shape index (κ1) is 37.9. The molecule has 0 bridgehead atoms. The van der Waals surface area contributed by atoms with E-state index in [0.29, 0.717) is 44.2 Å². The molecule has 4 amide bonds. The van der Waals surface area contributed by atoms with E-state index in [1.165, 1.54) is 24.1 Å². The van der Waals surface area contributed by atoms with Gasteiger partial charge in [0.1, 0.15) is 29.2 Å². The number of halogens is 1. The SMILES string of the molecule is C[C@@H](C(=O)N[C@H](C(=O)N1CCC[C@H]1CN(CCc1ccc(F)cc1)C(=O)c1cn(C2CCCC2)cn1)C(C)(C)C)N(C)C(=O)OC(C)(C)C. The second-order valence-corrected chi connectivity index (χ2v) is 15.7. The summed E-state index contributed by atoms with van der Waals surface area (Å²) >= 11 is 0. The smallest absolute Gasteiger partial charge is 0.410 e. The fourth-order valence-electron chi connectivity index (χ4n) is 6.52. The molecule has 2 fully saturated rings. The lowest BCUT2D eigenvalue weighted by molar-refractivity contribution is -0.141. The van der Waals surface area contributed by atoms with E-state index in [1.807, 2.05) is 31.5 Å². The summed E-state index contributed by atoms with van der Waals surface area (Å²) in [5.41, 5.74) is -0.101. The summed E-state index contributed by atoms with van der Waals surface area (Å²) in [6.07, 6.45) is 9.38. The molecule has 270 valence electrons. The van der Waals surface area contributed by atoms with Crippen molar-refractivity contribution in [3.8, 4) is 0 Å². The molecule has 4 rings (SSSR count). The van der Waals surface area contributed by atoms with Gasteiger partial charge in [-0.15, -0.1) is 0 Å². The van der Waals surface area contributed by atoms with E-state index in [9.17, 15) is 23.6 Å². The Kier molecular flexibility index (Phi) is 12.1. The number of likely N-dealkylation sites (N-methyl/N-ethyl adjacent to an activating group) is 1. The summed E-state index contributed by atoms with van der Waals surface area (Å²) in [4.78, 5) is 63.7. The lowest BCUT2D eigenvalue weighted by Crippen LogP contribution is -2.59. The van der Waals surface area contributed by atoms with Gasteiger partial charge in [0.25, 0.3) is 5.91 Å². The maximum atomic E-state index is 14.3. The van der Waals surface area contributed by atoms with Gasteiger partial charge in [0.2, 0.25) is 11.8 Å². The lowest BCUT2D eigenvalue weighted by Gasteiger charge is -2.38. The predicted molar refractivity (Wildman–Crippen MR) is 185 cm³/mol. The first-order valence-corrected chi connectivity index (χ1v) is 17.6. The van der Waals surface area contributed by atoms with Crippen LogP contribution in [0.1, 0.15) is 109 Å². The van der Waals surface area contributed by atoms with E-state index < -0.39 is 35.1 Å². The van der Waals surface area contributed by atoms with E-state index >= 15 is 0 Å². The molecule has 11 nitrogen and oxygen atoms in total. The topological polar surface area (TPSA) is 117 Å². The normalized spacial score (nSPS) is 18.2. The molecule has 2 heterocycles. The summed E-state index contributed by atoms with van der Waals surface area (Å²) in [6.45, 7) is 13.7. The molecule has 1 saturated carbocycles. The molecule has 1 aliphatic heterocycles. The molecular formula is C37H55FN6O5. The van der Waals surface area contributed by atoms with Crippen molar-refractivity contribution in [3.05, 3.63) is 53.9 Å². The fourth-order valence-corrected chi connectivity index (χ4v) is 6.52. The molecule has 1 N–H and O–H groups in total. The molecule has 2 aliphatic rings. The van der Waals surface area contributed by atoms with Gasteiger partial charge in [-0.2, -0.15) is 0 Å². The molecule has 0 unspecified atom stereocenters. The third kappa shape index (κ3) is 10.0. The van der Waals surface area contributed by atoms with E-state index in [0.717, 1.165) is 37.7 Å². The van der Waals surface area contributed by atoms with Crippen molar-refractivity contribution in [2.45, 2.75) is 123 Å². The van der Waals surface area contributed by atoms with Crippen molar-refractivity contribution in [1.82, 2.24) is 29.6 Å². The van der Waals surface area contributed by atoms with E-state index in [2.05, 4.69) is 10.3 Å². The Bertz CT molecular complexity index is 1460. The number of hydrogen-bond acceptors (Lipinski definition) is 6. The third-order valence-corrected chi connectivity index (χ3v) is 9.57. The third-order valence-electron chi connectivity index (χ3n) is 9.57. The van der Waals surface area contributed by atoms with E-state index in [4.69, 9.17) is 4.74 Å². The minimum Gasteiger partial charge on any atom is -0.444 e. The van der Waals surface area contributed by atoms with Crippen molar-refractivity contribution in [1.29, 1.82) is 0 Å². The summed E-state index contributed by atoms with van der Waals surface area (Å²) in [7, 11) is 1.50. The van der Waals surface area contributed by atoms with Crippen LogP contribution in [0.3, 0.4) is 0 Å². The predicted octanol–water partition coefficient (Wildman–Crippen LogP) is 5.60. The van der Waals surface area contributed by atoms with Crippen LogP contribution in [0.2, 0.25) is 0 Å². The van der Waals surface area contributed by atoms with Gasteiger partial charge >= 0.3 is 6.09 Å². The minimum atomic E-state index is -0.884. The molecule has 49 heavy (non-hydrogen) atoms. The number of carbonyl (C=O) groups excluding carboxylic acids is 4. The number of carbonyl (C=O) groups is 4. The second-order valence-electron chi connectivity index (χ2n) is 15.7. The van der Waals surface area contributed by atoms with Crippen LogP contribution < -0.4 is 5.32 Å². The molecular weight excluding hydrogens is 627 g/mol. The summed E-state index contributed by atoms with van der Waals surface area (Å²) < 4.78 is 21.1. The van der Waals surface area contributed by atoms with E-state index in [1.54, 1.807) is 56.0 Å². The van der Waals surface area contributed by atoms with Crippen molar-refractivity contribution < 1.29 is 28.3 Å². The first-order valence-electron chi connectivity index (χ1n) is 17.6. The number of imidazole rings is 1. The average Bonchev–Trinajstić information content (AvgIpc) is 3.82. The molecule has 1 aliphatic carbocycles. The van der Waals surface area contributed by atoms with Crippen molar-refractivity contribution in [2.75, 3.05) is 26.7 Å². The van der Waals surface area contributed by atoms with Gasteiger partial charge in [-0.05, 0) is 82.9 Å². The zero-order valence-corrected chi connectivity index (χ0v) is 30.5. The highest BCUT2D eigenvalue weighted by Crippen LogP contribution is 2.30. The molecule has 3 atom stereocenters. The number of ether oxygens (including phenoxy) is 1. The Morgan fingerprint density at radius 3 is 2.29 bits per heavy atom. The van der Waals surface area contributed by atoms with Gasteiger partial charge in [0.15, 0.2) is 0 Å². The van der Waals surface area contributed by atoms with Gasteiger partial charge in [0.05, 0.1) is 6.33 Å². The van der Waals surface area contributed by atoms with Crippen molar-refractivity contribution in [2.24, 2.45) is 5.41 Å². The highest BCUT2D eigenvalue weighted by atomic mass is 19.1. The van der Waals surface area contributed by atoms with Crippen LogP contribution in [0.25, 0.3) is 0 Å². The Hall–Kier alpha value is -3.96. The number of likely N-dealkylation sites (tertiary alicyclic amines) is 1. The van der Waals surface area contributed by atoms with Gasteiger partial charge < -0.3 is 24.4 Å². The standard InChI is InChI=1S/C37H55FN6O5/c1-25(41(8)35(48)49-37(5,6)7)32(45)40-31(36(2,3)4)34(47)44-20-11-14-29(44)22-42(21-19-26-15-17-27(38)18-16-26)33(46)30-23-43(24-39-30)28-12-9-10-13-28/h15-18,23-25,28-29,31H,9-14,19-22H2,1-8H3,(H,40,45)/t25-,29-,31+/m0/s1. The number of hydrogen-bond donors (Lipinski definition) is 1. The second kappa shape index (κ2) is 15.7. The van der Waals surface area contributed by atoms with E-state index in [-0.39, 0.29) is 23.7 Å². The molecule has 0 spiro atoms. The molecule has 0 radical (unpaired) electrons. The van der Waals surface area contributed by atoms with Crippen LogP contribution in [0.4, 0.5) is 9.18 Å². The van der Waals surface area contributed by atoms with Crippen LogP contribution in [-0.4, -0.2) is 98.5 Å². The highest BCUT2D eigenvalue weighted by molar-refractivity contribution is 5.93. The number of aromatic nitrogens is 2. The Morgan fingerprint density at radius 2 is 1.67 bits per heavy atom. The van der Waals surface area contributed by atoms with Crippen LogP contribution in [0.5, 0.6) is 0 Å². The van der Waals surface area contributed by atoms with Crippen molar-refractivity contribution >= 4 is 23.8 Å². The zero-order chi connectivity index (χ0) is 36.1. The van der Waals surface area contributed by atoms with Crippen LogP contribution >= 0.6 is 0 Å². The van der Waals surface area contributed by atoms with Crippen molar-refractivity contribution in [3.63, 3.8) is 0 Å². The van der Waals surface area contributed by atoms with Gasteiger partial charge in [0, 0.05) is 45.0 Å². The number of benzene rings is 1. The Balaban J connectivity index is 1.51. The number of nitrogens with zero attached hydrogens (tertiary/aromatic N) is 5. The maximum Gasteiger partial charge on any atom is 0.410 e. The summed E-state index contributed by atoms with van der Waals surface area (Å²) in [6, 6.07) is 4.58. The largest absolute Gasteiger partial charge is 0.444 e. The molecule has 1 saturated heterocycles. The first-order chi connectivity index (χ1) is 22.9. The van der Waals surface area contributed by atoms with Gasteiger partial charge in [-0.1, -0.05) is 45.7 Å². The maximum absolute atomic E-state index is 14.3. The highest BCUT2D eigenvalue weighted by Gasteiger charge is 2.41. The molecule has 1 aromatic carbocycles.